The molecule has 1 aromatic carbocycles. The van der Waals surface area contributed by atoms with E-state index in [1.807, 2.05) is 32.0 Å². The molecule has 0 aliphatic heterocycles. The third-order valence-electron chi connectivity index (χ3n) is 2.76. The van der Waals surface area contributed by atoms with Gasteiger partial charge in [0.2, 0.25) is 0 Å². The van der Waals surface area contributed by atoms with Gasteiger partial charge in [0.05, 0.1) is 6.04 Å². The van der Waals surface area contributed by atoms with E-state index >= 15 is 0 Å². The summed E-state index contributed by atoms with van der Waals surface area (Å²) >= 11 is 5.83. The summed E-state index contributed by atoms with van der Waals surface area (Å²) in [4.78, 5) is 3.93. The number of pyridine rings is 1. The number of rotatable bonds is 3. The fourth-order valence-electron chi connectivity index (χ4n) is 1.84. The van der Waals surface area contributed by atoms with Crippen LogP contribution in [-0.4, -0.2) is 10.1 Å². The summed E-state index contributed by atoms with van der Waals surface area (Å²) in [7, 11) is 0. The summed E-state index contributed by atoms with van der Waals surface area (Å²) in [5, 5.41) is 13.6. The van der Waals surface area contributed by atoms with Crippen LogP contribution >= 0.6 is 11.6 Å². The molecule has 0 aliphatic carbocycles. The van der Waals surface area contributed by atoms with E-state index < -0.39 is 0 Å². The molecule has 0 bridgehead atoms. The first-order valence-electron chi connectivity index (χ1n) is 5.74. The number of aromatic nitrogens is 1. The predicted molar refractivity (Wildman–Crippen MR) is 74.1 cm³/mol. The first-order valence-corrected chi connectivity index (χ1v) is 6.11. The highest BCUT2D eigenvalue weighted by Crippen LogP contribution is 2.28. The Balaban J connectivity index is 2.19. The molecule has 94 valence electrons. The van der Waals surface area contributed by atoms with Crippen molar-refractivity contribution in [2.75, 3.05) is 5.32 Å². The van der Waals surface area contributed by atoms with Crippen LogP contribution in [-0.2, 0) is 0 Å². The van der Waals surface area contributed by atoms with E-state index in [4.69, 9.17) is 11.6 Å². The highest BCUT2D eigenvalue weighted by Gasteiger charge is 2.10. The number of phenolic OH excluding ortho intramolecular Hbond substituents is 1. The van der Waals surface area contributed by atoms with Crippen molar-refractivity contribution in [3.05, 3.63) is 52.8 Å². The van der Waals surface area contributed by atoms with Crippen LogP contribution in [0.5, 0.6) is 5.75 Å². The third kappa shape index (κ3) is 2.93. The number of phenols is 1. The smallest absolute Gasteiger partial charge is 0.131 e. The van der Waals surface area contributed by atoms with Gasteiger partial charge in [-0.1, -0.05) is 23.7 Å². The van der Waals surface area contributed by atoms with Gasteiger partial charge in [0.25, 0.3) is 0 Å². The van der Waals surface area contributed by atoms with Crippen LogP contribution in [0.3, 0.4) is 0 Å². The average Bonchev–Trinajstić information content (AvgIpc) is 2.28. The van der Waals surface area contributed by atoms with Crippen LogP contribution in [0.25, 0.3) is 0 Å². The van der Waals surface area contributed by atoms with Crippen LogP contribution in [0.2, 0.25) is 5.15 Å². The van der Waals surface area contributed by atoms with Crippen LogP contribution in [0.15, 0.2) is 36.5 Å². The monoisotopic (exact) mass is 262 g/mol. The van der Waals surface area contributed by atoms with Gasteiger partial charge in [0.1, 0.15) is 10.9 Å². The maximum atomic E-state index is 9.92. The van der Waals surface area contributed by atoms with Gasteiger partial charge in [0.15, 0.2) is 0 Å². The van der Waals surface area contributed by atoms with Crippen molar-refractivity contribution >= 4 is 17.3 Å². The minimum absolute atomic E-state index is 0.0101. The number of benzene rings is 1. The molecule has 4 heteroatoms. The molecule has 0 saturated heterocycles. The first kappa shape index (κ1) is 12.7. The molecular weight excluding hydrogens is 248 g/mol. The summed E-state index contributed by atoms with van der Waals surface area (Å²) in [6.07, 6.45) is 1.65. The number of nitrogens with one attached hydrogen (secondary N) is 1. The van der Waals surface area contributed by atoms with Crippen molar-refractivity contribution in [1.29, 1.82) is 0 Å². The molecule has 1 unspecified atom stereocenters. The first-order chi connectivity index (χ1) is 8.56. The molecule has 0 fully saturated rings. The highest BCUT2D eigenvalue weighted by atomic mass is 35.5. The second-order valence-electron chi connectivity index (χ2n) is 4.30. The van der Waals surface area contributed by atoms with Crippen molar-refractivity contribution in [3.8, 4) is 5.75 Å². The van der Waals surface area contributed by atoms with E-state index in [2.05, 4.69) is 10.3 Å². The predicted octanol–water partition coefficient (Wildman–Crippen LogP) is 3.92. The molecule has 1 heterocycles. The van der Waals surface area contributed by atoms with E-state index in [0.717, 1.165) is 16.8 Å². The lowest BCUT2D eigenvalue weighted by atomic mass is 10.0. The van der Waals surface area contributed by atoms with Crippen molar-refractivity contribution in [2.24, 2.45) is 0 Å². The second-order valence-corrected chi connectivity index (χ2v) is 4.68. The minimum Gasteiger partial charge on any atom is -0.508 e. The average molecular weight is 263 g/mol. The number of nitrogens with zero attached hydrogens (tertiary/aromatic N) is 1. The summed E-state index contributed by atoms with van der Waals surface area (Å²) in [6.45, 7) is 3.93. The summed E-state index contributed by atoms with van der Waals surface area (Å²) in [5.74, 6) is 0.301. The van der Waals surface area contributed by atoms with Gasteiger partial charge in [-0.15, -0.1) is 0 Å². The van der Waals surface area contributed by atoms with E-state index in [9.17, 15) is 5.11 Å². The quantitative estimate of drug-likeness (QED) is 0.824. The number of anilines is 1. The maximum absolute atomic E-state index is 9.92. The molecular formula is C14H15ClN2O. The Morgan fingerprint density at radius 1 is 1.28 bits per heavy atom. The Bertz CT molecular complexity index is 557. The van der Waals surface area contributed by atoms with Crippen LogP contribution in [0.1, 0.15) is 24.1 Å². The molecule has 0 saturated carbocycles. The zero-order valence-corrected chi connectivity index (χ0v) is 11.1. The number of hydrogen-bond donors (Lipinski definition) is 2. The summed E-state index contributed by atoms with van der Waals surface area (Å²) < 4.78 is 0. The van der Waals surface area contributed by atoms with E-state index in [-0.39, 0.29) is 6.04 Å². The molecule has 18 heavy (non-hydrogen) atoms. The van der Waals surface area contributed by atoms with E-state index in [1.54, 1.807) is 18.3 Å². The van der Waals surface area contributed by atoms with Gasteiger partial charge in [-0.05, 0) is 37.6 Å². The third-order valence-corrected chi connectivity index (χ3v) is 2.97. The number of halogens is 1. The van der Waals surface area contributed by atoms with Crippen molar-refractivity contribution < 1.29 is 5.11 Å². The number of hydrogen-bond acceptors (Lipinski definition) is 3. The lowest BCUT2D eigenvalue weighted by molar-refractivity contribution is 0.465. The lowest BCUT2D eigenvalue weighted by Gasteiger charge is -2.17. The van der Waals surface area contributed by atoms with Gasteiger partial charge in [-0.25, -0.2) is 4.98 Å². The molecule has 0 radical (unpaired) electrons. The van der Waals surface area contributed by atoms with Gasteiger partial charge >= 0.3 is 0 Å². The van der Waals surface area contributed by atoms with Crippen LogP contribution in [0, 0.1) is 6.92 Å². The molecule has 0 amide bonds. The number of aryl methyl sites for hydroxylation is 1. The molecule has 0 spiro atoms. The minimum atomic E-state index is -0.0101. The second kappa shape index (κ2) is 5.27. The Morgan fingerprint density at radius 3 is 2.72 bits per heavy atom. The molecule has 2 rings (SSSR count). The Labute approximate surface area is 111 Å². The van der Waals surface area contributed by atoms with Crippen molar-refractivity contribution in [1.82, 2.24) is 4.98 Å². The van der Waals surface area contributed by atoms with E-state index in [0.29, 0.717) is 10.9 Å². The zero-order chi connectivity index (χ0) is 13.1. The topological polar surface area (TPSA) is 45.2 Å². The van der Waals surface area contributed by atoms with E-state index in [1.165, 1.54) is 0 Å². The standard InChI is InChI=1S/C14H15ClN2O/c1-9-3-4-12(13(18)7-9)10(2)17-11-5-6-16-14(15)8-11/h3-8,10,18H,1-2H3,(H,16,17). The molecule has 1 atom stereocenters. The Kier molecular flexibility index (Phi) is 3.72. The Hall–Kier alpha value is -1.74. The number of aromatic hydroxyl groups is 1. The molecule has 2 aromatic rings. The maximum Gasteiger partial charge on any atom is 0.131 e. The summed E-state index contributed by atoms with van der Waals surface area (Å²) in [5.41, 5.74) is 2.77. The largest absolute Gasteiger partial charge is 0.508 e. The fourth-order valence-corrected chi connectivity index (χ4v) is 2.01. The van der Waals surface area contributed by atoms with Crippen LogP contribution < -0.4 is 5.32 Å². The van der Waals surface area contributed by atoms with Gasteiger partial charge in [-0.3, -0.25) is 0 Å². The zero-order valence-electron chi connectivity index (χ0n) is 10.3. The SMILES string of the molecule is Cc1ccc(C(C)Nc2ccnc(Cl)c2)c(O)c1. The van der Waals surface area contributed by atoms with Crippen molar-refractivity contribution in [3.63, 3.8) is 0 Å². The molecule has 0 aliphatic rings. The van der Waals surface area contributed by atoms with Crippen molar-refractivity contribution in [2.45, 2.75) is 19.9 Å². The fraction of sp³-hybridized carbons (Fsp3) is 0.214. The molecule has 3 nitrogen and oxygen atoms in total. The molecule has 2 N–H and O–H groups in total. The summed E-state index contributed by atoms with van der Waals surface area (Å²) in [6, 6.07) is 9.24. The normalized spacial score (nSPS) is 12.2. The van der Waals surface area contributed by atoms with Gasteiger partial charge in [0, 0.05) is 17.4 Å². The Morgan fingerprint density at radius 2 is 2.06 bits per heavy atom. The van der Waals surface area contributed by atoms with Gasteiger partial charge in [-0.2, -0.15) is 0 Å². The molecule has 1 aromatic heterocycles. The van der Waals surface area contributed by atoms with Gasteiger partial charge < -0.3 is 10.4 Å². The lowest BCUT2D eigenvalue weighted by Crippen LogP contribution is -2.07. The highest BCUT2D eigenvalue weighted by molar-refractivity contribution is 6.29. The van der Waals surface area contributed by atoms with Crippen LogP contribution in [0.4, 0.5) is 5.69 Å².